The third-order valence-corrected chi connectivity index (χ3v) is 4.02. The highest BCUT2D eigenvalue weighted by atomic mass is 79.9. The van der Waals surface area contributed by atoms with Gasteiger partial charge >= 0.3 is 0 Å². The van der Waals surface area contributed by atoms with E-state index in [-0.39, 0.29) is 10.6 Å². The second-order valence-electron chi connectivity index (χ2n) is 4.05. The van der Waals surface area contributed by atoms with Crippen molar-refractivity contribution in [3.05, 3.63) is 57.0 Å². The maximum atomic E-state index is 14.2. The van der Waals surface area contributed by atoms with Crippen LogP contribution in [0.15, 0.2) is 34.8 Å². The predicted molar refractivity (Wildman–Crippen MR) is 77.3 cm³/mol. The van der Waals surface area contributed by atoms with Crippen molar-refractivity contribution in [2.24, 2.45) is 0 Å². The van der Waals surface area contributed by atoms with Crippen LogP contribution in [0.2, 0.25) is 5.02 Å². The first kappa shape index (κ1) is 14.4. The van der Waals surface area contributed by atoms with E-state index in [1.165, 1.54) is 12.1 Å². The number of nitrogens with one attached hydrogen (secondary N) is 1. The largest absolute Gasteiger partial charge is 0.316 e. The van der Waals surface area contributed by atoms with Gasteiger partial charge in [-0.25, -0.2) is 8.78 Å². The van der Waals surface area contributed by atoms with E-state index < -0.39 is 11.6 Å². The van der Waals surface area contributed by atoms with Crippen molar-refractivity contribution in [3.8, 4) is 11.1 Å². The number of benzene rings is 2. The molecule has 0 atom stereocenters. The minimum absolute atomic E-state index is 0.00262. The van der Waals surface area contributed by atoms with E-state index in [1.54, 1.807) is 25.2 Å². The maximum absolute atomic E-state index is 14.2. The zero-order valence-electron chi connectivity index (χ0n) is 10.1. The van der Waals surface area contributed by atoms with Gasteiger partial charge in [0.2, 0.25) is 0 Å². The van der Waals surface area contributed by atoms with Crippen LogP contribution < -0.4 is 5.32 Å². The molecule has 2 aromatic rings. The Labute approximate surface area is 123 Å². The lowest BCUT2D eigenvalue weighted by Crippen LogP contribution is -2.07. The molecule has 0 bridgehead atoms. The molecule has 0 aromatic heterocycles. The highest BCUT2D eigenvalue weighted by Crippen LogP contribution is 2.34. The summed E-state index contributed by atoms with van der Waals surface area (Å²) in [5, 5.41) is 2.97. The van der Waals surface area contributed by atoms with E-state index in [0.717, 1.165) is 5.56 Å². The van der Waals surface area contributed by atoms with Crippen LogP contribution in [0.4, 0.5) is 8.78 Å². The van der Waals surface area contributed by atoms with E-state index in [0.29, 0.717) is 16.6 Å². The zero-order chi connectivity index (χ0) is 14.0. The lowest BCUT2D eigenvalue weighted by Gasteiger charge is -2.12. The van der Waals surface area contributed by atoms with Gasteiger partial charge in [0, 0.05) is 16.6 Å². The van der Waals surface area contributed by atoms with Crippen LogP contribution in [0, 0.1) is 11.6 Å². The molecule has 0 unspecified atom stereocenters. The van der Waals surface area contributed by atoms with Crippen LogP contribution in [-0.2, 0) is 6.54 Å². The van der Waals surface area contributed by atoms with Crippen molar-refractivity contribution in [3.63, 3.8) is 0 Å². The molecule has 0 aliphatic rings. The van der Waals surface area contributed by atoms with Gasteiger partial charge in [0.25, 0.3) is 0 Å². The highest BCUT2D eigenvalue weighted by molar-refractivity contribution is 9.10. The molecule has 19 heavy (non-hydrogen) atoms. The summed E-state index contributed by atoms with van der Waals surface area (Å²) in [6.45, 7) is 0.517. The number of rotatable bonds is 3. The normalized spacial score (nSPS) is 10.8. The van der Waals surface area contributed by atoms with E-state index >= 15 is 0 Å². The lowest BCUT2D eigenvalue weighted by molar-refractivity contribution is 0.623. The Morgan fingerprint density at radius 2 is 1.89 bits per heavy atom. The topological polar surface area (TPSA) is 12.0 Å². The Balaban J connectivity index is 2.64. The summed E-state index contributed by atoms with van der Waals surface area (Å²) < 4.78 is 28.1. The monoisotopic (exact) mass is 345 g/mol. The van der Waals surface area contributed by atoms with Crippen molar-refractivity contribution >= 4 is 27.5 Å². The van der Waals surface area contributed by atoms with Gasteiger partial charge in [0.05, 0.1) is 5.02 Å². The van der Waals surface area contributed by atoms with E-state index in [1.807, 2.05) is 0 Å². The van der Waals surface area contributed by atoms with Crippen LogP contribution in [0.5, 0.6) is 0 Å². The molecule has 1 N–H and O–H groups in total. The fourth-order valence-corrected chi connectivity index (χ4v) is 2.35. The molecule has 0 radical (unpaired) electrons. The highest BCUT2D eigenvalue weighted by Gasteiger charge is 2.15. The maximum Gasteiger partial charge on any atom is 0.150 e. The average molecular weight is 347 g/mol. The summed E-state index contributed by atoms with van der Waals surface area (Å²) in [5.41, 5.74) is 1.60. The molecule has 0 saturated heterocycles. The van der Waals surface area contributed by atoms with E-state index in [4.69, 9.17) is 11.6 Å². The molecule has 0 heterocycles. The van der Waals surface area contributed by atoms with Crippen molar-refractivity contribution in [1.82, 2.24) is 5.32 Å². The van der Waals surface area contributed by atoms with E-state index in [2.05, 4.69) is 21.2 Å². The molecule has 0 saturated carbocycles. The average Bonchev–Trinajstić information content (AvgIpc) is 2.39. The third kappa shape index (κ3) is 2.96. The molecule has 100 valence electrons. The van der Waals surface area contributed by atoms with Crippen LogP contribution in [0.1, 0.15) is 5.56 Å². The Bertz CT molecular complexity index is 617. The second-order valence-corrected chi connectivity index (χ2v) is 5.29. The molecule has 0 spiro atoms. The minimum Gasteiger partial charge on any atom is -0.316 e. The van der Waals surface area contributed by atoms with Crippen LogP contribution >= 0.6 is 27.5 Å². The molecule has 0 aliphatic carbocycles. The van der Waals surface area contributed by atoms with Crippen LogP contribution in [0.3, 0.4) is 0 Å². The minimum atomic E-state index is -0.556. The molecule has 1 nitrogen and oxygen atoms in total. The van der Waals surface area contributed by atoms with Crippen molar-refractivity contribution in [1.29, 1.82) is 0 Å². The first-order valence-corrected chi connectivity index (χ1v) is 6.78. The fraction of sp³-hybridized carbons (Fsp3) is 0.143. The van der Waals surface area contributed by atoms with E-state index in [9.17, 15) is 8.78 Å². The summed E-state index contributed by atoms with van der Waals surface area (Å²) in [6, 6.07) is 7.54. The van der Waals surface area contributed by atoms with Crippen LogP contribution in [-0.4, -0.2) is 7.05 Å². The smallest absolute Gasteiger partial charge is 0.150 e. The SMILES string of the molecule is CNCc1ccc(F)cc1-c1ccc(Br)c(Cl)c1F. The van der Waals surface area contributed by atoms with Gasteiger partial charge in [-0.15, -0.1) is 0 Å². The van der Waals surface area contributed by atoms with Gasteiger partial charge in [-0.1, -0.05) is 23.7 Å². The quantitative estimate of drug-likeness (QED) is 0.790. The molecule has 2 aromatic carbocycles. The van der Waals surface area contributed by atoms with Crippen molar-refractivity contribution in [2.75, 3.05) is 7.05 Å². The lowest BCUT2D eigenvalue weighted by atomic mass is 9.99. The van der Waals surface area contributed by atoms with Gasteiger partial charge in [0.15, 0.2) is 5.82 Å². The van der Waals surface area contributed by atoms with Gasteiger partial charge in [0.1, 0.15) is 5.82 Å². The Kier molecular flexibility index (Phi) is 4.55. The zero-order valence-corrected chi connectivity index (χ0v) is 12.4. The summed E-state index contributed by atoms with van der Waals surface area (Å²) in [6.07, 6.45) is 0. The number of hydrogen-bond acceptors (Lipinski definition) is 1. The molecule has 0 amide bonds. The van der Waals surface area contributed by atoms with Gasteiger partial charge in [-0.05, 0) is 52.3 Å². The van der Waals surface area contributed by atoms with Crippen molar-refractivity contribution < 1.29 is 8.78 Å². The number of hydrogen-bond donors (Lipinski definition) is 1. The van der Waals surface area contributed by atoms with Crippen molar-refractivity contribution in [2.45, 2.75) is 6.54 Å². The molecule has 0 aliphatic heterocycles. The summed E-state index contributed by atoms with van der Waals surface area (Å²) in [5.74, 6) is -0.965. The fourth-order valence-electron chi connectivity index (χ4n) is 1.88. The van der Waals surface area contributed by atoms with Gasteiger partial charge in [-0.3, -0.25) is 0 Å². The predicted octanol–water partition coefficient (Wildman–Crippen LogP) is 4.77. The Morgan fingerprint density at radius 1 is 1.16 bits per heavy atom. The first-order valence-electron chi connectivity index (χ1n) is 5.61. The van der Waals surface area contributed by atoms with Gasteiger partial charge in [-0.2, -0.15) is 0 Å². The summed E-state index contributed by atoms with van der Waals surface area (Å²) >= 11 is 9.03. The van der Waals surface area contributed by atoms with Gasteiger partial charge < -0.3 is 5.32 Å². The second kappa shape index (κ2) is 5.99. The molecule has 5 heteroatoms. The molecular weight excluding hydrogens is 336 g/mol. The third-order valence-electron chi connectivity index (χ3n) is 2.76. The standard InChI is InChI=1S/C14H11BrClF2N/c1-19-7-8-2-3-9(17)6-11(8)10-4-5-12(15)13(16)14(10)18/h2-6,19H,7H2,1H3. The first-order chi connectivity index (χ1) is 9.04. The summed E-state index contributed by atoms with van der Waals surface area (Å²) in [7, 11) is 1.78. The Hall–Kier alpha value is -0.970. The summed E-state index contributed by atoms with van der Waals surface area (Å²) in [4.78, 5) is 0. The molecule has 0 fully saturated rings. The Morgan fingerprint density at radius 3 is 2.58 bits per heavy atom. The molecular formula is C14H11BrClF2N. The number of halogens is 4. The van der Waals surface area contributed by atoms with Crippen LogP contribution in [0.25, 0.3) is 11.1 Å². The molecule has 2 rings (SSSR count).